The van der Waals surface area contributed by atoms with Gasteiger partial charge in [-0.05, 0) is 12.8 Å². The molecule has 0 atom stereocenters. The van der Waals surface area contributed by atoms with Crippen LogP contribution in [0.15, 0.2) is 10.8 Å². The number of nitrogens with one attached hydrogen (secondary N) is 1. The van der Waals surface area contributed by atoms with Gasteiger partial charge in [-0.2, -0.15) is 0 Å². The number of nitrogens with zero attached hydrogens (tertiary/aromatic N) is 1. The molecule has 0 radical (unpaired) electrons. The minimum Gasteiger partial charge on any atom is -0.438 e. The molecule has 78 valence electrons. The number of aryl methyl sites for hydroxylation is 1. The van der Waals surface area contributed by atoms with E-state index in [9.17, 15) is 4.79 Å². The summed E-state index contributed by atoms with van der Waals surface area (Å²) in [6, 6.07) is 0. The first-order valence-corrected chi connectivity index (χ1v) is 4.43. The van der Waals surface area contributed by atoms with Crippen LogP contribution in [0.4, 0.5) is 0 Å². The molecule has 0 aliphatic rings. The van der Waals surface area contributed by atoms with Gasteiger partial charge in [0.1, 0.15) is 0 Å². The van der Waals surface area contributed by atoms with Crippen LogP contribution < -0.4 is 5.48 Å². The molecule has 0 bridgehead atoms. The van der Waals surface area contributed by atoms with Gasteiger partial charge in [-0.1, -0.05) is 13.8 Å². The maximum absolute atomic E-state index is 11.3. The molecule has 1 N–H and O–H groups in total. The number of rotatable bonds is 4. The van der Waals surface area contributed by atoms with Crippen LogP contribution in [-0.4, -0.2) is 17.5 Å². The summed E-state index contributed by atoms with van der Waals surface area (Å²) in [6.07, 6.45) is 1.23. The fourth-order valence-electron chi connectivity index (χ4n) is 0.840. The van der Waals surface area contributed by atoms with Crippen molar-refractivity contribution < 1.29 is 14.0 Å². The molecule has 1 rings (SSSR count). The molecule has 1 aromatic rings. The van der Waals surface area contributed by atoms with Gasteiger partial charge in [0.25, 0.3) is 0 Å². The molecule has 5 nitrogen and oxygen atoms in total. The van der Waals surface area contributed by atoms with E-state index in [1.54, 1.807) is 6.92 Å². The van der Waals surface area contributed by atoms with E-state index in [2.05, 4.69) is 10.5 Å². The van der Waals surface area contributed by atoms with E-state index in [-0.39, 0.29) is 5.76 Å². The Kier molecular flexibility index (Phi) is 3.64. The molecule has 0 aliphatic heterocycles. The predicted octanol–water partition coefficient (Wildman–Crippen LogP) is 1.30. The Morgan fingerprint density at radius 3 is 2.93 bits per heavy atom. The van der Waals surface area contributed by atoms with Crippen molar-refractivity contribution in [3.63, 3.8) is 0 Å². The van der Waals surface area contributed by atoms with Crippen molar-refractivity contribution in [3.05, 3.63) is 17.8 Å². The minimum absolute atomic E-state index is 0.189. The van der Waals surface area contributed by atoms with E-state index < -0.39 is 5.91 Å². The maximum Gasteiger partial charge on any atom is 0.312 e. The van der Waals surface area contributed by atoms with Crippen LogP contribution in [0.1, 0.15) is 30.1 Å². The van der Waals surface area contributed by atoms with Gasteiger partial charge in [0.05, 0.1) is 12.3 Å². The van der Waals surface area contributed by atoms with Crippen LogP contribution in [0.25, 0.3) is 0 Å². The van der Waals surface area contributed by atoms with Gasteiger partial charge in [-0.25, -0.2) is 10.5 Å². The van der Waals surface area contributed by atoms with Gasteiger partial charge in [0, 0.05) is 0 Å². The second-order valence-electron chi connectivity index (χ2n) is 3.40. The largest absolute Gasteiger partial charge is 0.438 e. The molecule has 0 spiro atoms. The Bertz CT molecular complexity index is 307. The zero-order chi connectivity index (χ0) is 10.6. The molecule has 0 fully saturated rings. The Balaban J connectivity index is 2.40. The highest BCUT2D eigenvalue weighted by Crippen LogP contribution is 2.04. The lowest BCUT2D eigenvalue weighted by Crippen LogP contribution is -2.25. The lowest BCUT2D eigenvalue weighted by atomic mass is 10.2. The van der Waals surface area contributed by atoms with Crippen LogP contribution >= 0.6 is 0 Å². The summed E-state index contributed by atoms with van der Waals surface area (Å²) in [5.74, 6) is 0.153. The Morgan fingerprint density at radius 2 is 2.43 bits per heavy atom. The summed E-state index contributed by atoms with van der Waals surface area (Å²) in [5, 5.41) is 0. The van der Waals surface area contributed by atoms with Crippen LogP contribution in [0.3, 0.4) is 0 Å². The highest BCUT2D eigenvalue weighted by atomic mass is 16.7. The number of hydroxylamine groups is 1. The molecule has 1 aromatic heterocycles. The normalized spacial score (nSPS) is 10.6. The summed E-state index contributed by atoms with van der Waals surface area (Å²) in [4.78, 5) is 20.1. The highest BCUT2D eigenvalue weighted by Gasteiger charge is 2.13. The van der Waals surface area contributed by atoms with Gasteiger partial charge in [0.15, 0.2) is 6.39 Å². The highest BCUT2D eigenvalue weighted by molar-refractivity contribution is 5.91. The molecule has 1 heterocycles. The fraction of sp³-hybridized carbons (Fsp3) is 0.556. The number of carbonyl (C=O) groups excluding carboxylic acids is 1. The van der Waals surface area contributed by atoms with Crippen LogP contribution in [0.2, 0.25) is 0 Å². The molecule has 1 amide bonds. The molecule has 0 unspecified atom stereocenters. The van der Waals surface area contributed by atoms with Gasteiger partial charge in [0.2, 0.25) is 5.76 Å². The van der Waals surface area contributed by atoms with Crippen LogP contribution in [-0.2, 0) is 4.84 Å². The second-order valence-corrected chi connectivity index (χ2v) is 3.40. The molecular formula is C9H14N2O3. The van der Waals surface area contributed by atoms with Crippen molar-refractivity contribution in [1.29, 1.82) is 0 Å². The van der Waals surface area contributed by atoms with Crippen molar-refractivity contribution in [3.8, 4) is 0 Å². The first-order chi connectivity index (χ1) is 6.61. The van der Waals surface area contributed by atoms with Crippen molar-refractivity contribution in [2.75, 3.05) is 6.61 Å². The van der Waals surface area contributed by atoms with Gasteiger partial charge < -0.3 is 4.42 Å². The minimum atomic E-state index is -0.402. The molecule has 14 heavy (non-hydrogen) atoms. The first-order valence-electron chi connectivity index (χ1n) is 4.43. The SMILES string of the molecule is Cc1ncoc1C(=O)NOCC(C)C. The number of aromatic nitrogens is 1. The third kappa shape index (κ3) is 2.85. The van der Waals surface area contributed by atoms with Crippen molar-refractivity contribution in [1.82, 2.24) is 10.5 Å². The molecule has 0 aromatic carbocycles. The lowest BCUT2D eigenvalue weighted by molar-refractivity contribution is 0.0188. The molecule has 0 saturated heterocycles. The van der Waals surface area contributed by atoms with Crippen molar-refractivity contribution in [2.24, 2.45) is 5.92 Å². The van der Waals surface area contributed by atoms with Gasteiger partial charge >= 0.3 is 5.91 Å². The number of amides is 1. The van der Waals surface area contributed by atoms with E-state index in [1.807, 2.05) is 13.8 Å². The average molecular weight is 198 g/mol. The Morgan fingerprint density at radius 1 is 1.71 bits per heavy atom. The standard InChI is InChI=1S/C9H14N2O3/c1-6(2)4-14-11-9(12)8-7(3)10-5-13-8/h5-6H,4H2,1-3H3,(H,11,12). The Labute approximate surface area is 82.4 Å². The van der Waals surface area contributed by atoms with Crippen LogP contribution in [0.5, 0.6) is 0 Å². The Hall–Kier alpha value is -1.36. The van der Waals surface area contributed by atoms with Gasteiger partial charge in [-0.15, -0.1) is 0 Å². The second kappa shape index (κ2) is 4.76. The maximum atomic E-state index is 11.3. The number of carbonyl (C=O) groups is 1. The van der Waals surface area contributed by atoms with E-state index >= 15 is 0 Å². The predicted molar refractivity (Wildman–Crippen MR) is 49.5 cm³/mol. The van der Waals surface area contributed by atoms with E-state index in [4.69, 9.17) is 9.25 Å². The summed E-state index contributed by atoms with van der Waals surface area (Å²) >= 11 is 0. The summed E-state index contributed by atoms with van der Waals surface area (Å²) in [6.45, 7) is 6.15. The molecule has 0 saturated carbocycles. The fourth-order valence-corrected chi connectivity index (χ4v) is 0.840. The van der Waals surface area contributed by atoms with E-state index in [1.165, 1.54) is 6.39 Å². The third-order valence-electron chi connectivity index (χ3n) is 1.53. The number of hydrogen-bond acceptors (Lipinski definition) is 4. The number of hydrogen-bond donors (Lipinski definition) is 1. The molecular weight excluding hydrogens is 184 g/mol. The zero-order valence-electron chi connectivity index (χ0n) is 8.53. The summed E-state index contributed by atoms with van der Waals surface area (Å²) in [5.41, 5.74) is 2.84. The zero-order valence-corrected chi connectivity index (χ0v) is 8.53. The molecule has 5 heteroatoms. The van der Waals surface area contributed by atoms with Gasteiger partial charge in [-0.3, -0.25) is 9.63 Å². The van der Waals surface area contributed by atoms with E-state index in [0.29, 0.717) is 18.2 Å². The first kappa shape index (κ1) is 10.7. The lowest BCUT2D eigenvalue weighted by Gasteiger charge is -2.06. The van der Waals surface area contributed by atoms with Crippen LogP contribution in [0, 0.1) is 12.8 Å². The van der Waals surface area contributed by atoms with E-state index in [0.717, 1.165) is 0 Å². The monoisotopic (exact) mass is 198 g/mol. The molecule has 0 aliphatic carbocycles. The number of oxazole rings is 1. The van der Waals surface area contributed by atoms with Crippen molar-refractivity contribution >= 4 is 5.91 Å². The average Bonchev–Trinajstić information content (AvgIpc) is 2.50. The third-order valence-corrected chi connectivity index (χ3v) is 1.53. The smallest absolute Gasteiger partial charge is 0.312 e. The quantitative estimate of drug-likeness (QED) is 0.740. The topological polar surface area (TPSA) is 64.4 Å². The summed E-state index contributed by atoms with van der Waals surface area (Å²) in [7, 11) is 0. The van der Waals surface area contributed by atoms with Crippen molar-refractivity contribution in [2.45, 2.75) is 20.8 Å². The summed E-state index contributed by atoms with van der Waals surface area (Å²) < 4.78 is 4.88.